The number of nitrogens with one attached hydrogen (secondary N) is 1. The van der Waals surface area contributed by atoms with E-state index >= 15 is 0 Å². The lowest BCUT2D eigenvalue weighted by molar-refractivity contribution is -0.137. The molecule has 0 fully saturated rings. The predicted octanol–water partition coefficient (Wildman–Crippen LogP) is 5.46. The van der Waals surface area contributed by atoms with Gasteiger partial charge in [0, 0.05) is 52.8 Å². The van der Waals surface area contributed by atoms with E-state index in [0.29, 0.717) is 28.9 Å². The lowest BCUT2D eigenvalue weighted by Gasteiger charge is -2.12. The molecule has 0 unspecified atom stereocenters. The third-order valence-corrected chi connectivity index (χ3v) is 6.53. The number of ketones is 1. The molecule has 210 valence electrons. The number of benzene rings is 2. The molecule has 6 rings (SSSR count). The molecular weight excluding hydrogens is 554 g/mol. The molecular formula is C29H19F4N7O2. The average molecular weight is 574 g/mol. The van der Waals surface area contributed by atoms with E-state index in [1.165, 1.54) is 18.5 Å². The Morgan fingerprint density at radius 3 is 2.40 bits per heavy atom. The summed E-state index contributed by atoms with van der Waals surface area (Å²) in [7, 11) is 0. The van der Waals surface area contributed by atoms with E-state index in [-0.39, 0.29) is 40.7 Å². The van der Waals surface area contributed by atoms with Crippen LogP contribution in [0.2, 0.25) is 0 Å². The first-order chi connectivity index (χ1) is 20.2. The third kappa shape index (κ3) is 5.23. The van der Waals surface area contributed by atoms with Crippen LogP contribution in [0.15, 0.2) is 82.6 Å². The number of aliphatic imine (C=N–C) groups is 1. The van der Waals surface area contributed by atoms with Crippen LogP contribution in [0.4, 0.5) is 23.6 Å². The van der Waals surface area contributed by atoms with Crippen molar-refractivity contribution in [2.75, 3.05) is 5.32 Å². The fourth-order valence-corrected chi connectivity index (χ4v) is 4.48. The molecule has 0 aliphatic carbocycles. The number of hydrogen-bond donors (Lipinski definition) is 1. The van der Waals surface area contributed by atoms with Crippen molar-refractivity contribution in [2.24, 2.45) is 4.99 Å². The maximum atomic E-state index is 14.8. The smallest absolute Gasteiger partial charge is 0.402 e. The Morgan fingerprint density at radius 1 is 0.905 bits per heavy atom. The molecule has 1 N–H and O–H groups in total. The molecule has 1 atom stereocenters. The number of aryl methyl sites for hydroxylation is 1. The molecule has 13 heteroatoms. The van der Waals surface area contributed by atoms with Gasteiger partial charge in [0.1, 0.15) is 17.3 Å². The molecule has 0 amide bonds. The minimum Gasteiger partial charge on any atom is -0.402 e. The standard InChI is InChI=1S/C29H19F4N7O2/c1-15-34-12-17(13-35-15)20-10-18(29(31,32)33)14-36-25(20)27-39-40-28(42-27)38-26-23(41)11-21-19(8-5-9-22(21)30)24(37-26)16-6-3-2-4-7-16/h2-10,12-14,26H,11H2,1H3,(H,38,40)/t26-/m1/s1. The van der Waals surface area contributed by atoms with Gasteiger partial charge in [-0.1, -0.05) is 47.6 Å². The molecule has 42 heavy (non-hydrogen) atoms. The molecule has 4 heterocycles. The number of nitrogens with zero attached hydrogens (tertiary/aromatic N) is 6. The Balaban J connectivity index is 1.38. The zero-order valence-electron chi connectivity index (χ0n) is 21.7. The van der Waals surface area contributed by atoms with E-state index < -0.39 is 29.5 Å². The van der Waals surface area contributed by atoms with E-state index in [1.807, 2.05) is 6.07 Å². The van der Waals surface area contributed by atoms with E-state index in [1.54, 1.807) is 43.3 Å². The Kier molecular flexibility index (Phi) is 6.77. The van der Waals surface area contributed by atoms with Gasteiger partial charge in [-0.05, 0) is 19.1 Å². The first-order valence-electron chi connectivity index (χ1n) is 12.6. The second kappa shape index (κ2) is 10.6. The van der Waals surface area contributed by atoms with Crippen LogP contribution in [-0.4, -0.2) is 42.8 Å². The van der Waals surface area contributed by atoms with Crippen LogP contribution < -0.4 is 5.32 Å². The average Bonchev–Trinajstić information content (AvgIpc) is 3.39. The second-order valence-electron chi connectivity index (χ2n) is 9.35. The van der Waals surface area contributed by atoms with Crippen LogP contribution in [0.25, 0.3) is 22.7 Å². The molecule has 0 radical (unpaired) electrons. The highest BCUT2D eigenvalue weighted by atomic mass is 19.4. The van der Waals surface area contributed by atoms with E-state index in [2.05, 4.69) is 35.5 Å². The van der Waals surface area contributed by atoms with Crippen molar-refractivity contribution in [1.29, 1.82) is 0 Å². The molecule has 1 aliphatic heterocycles. The Bertz CT molecular complexity index is 1820. The van der Waals surface area contributed by atoms with Crippen molar-refractivity contribution in [3.63, 3.8) is 0 Å². The van der Waals surface area contributed by atoms with Gasteiger partial charge in [0.05, 0.1) is 11.3 Å². The monoisotopic (exact) mass is 573 g/mol. The summed E-state index contributed by atoms with van der Waals surface area (Å²) in [5.74, 6) is -0.789. The van der Waals surface area contributed by atoms with Crippen LogP contribution >= 0.6 is 0 Å². The first-order valence-corrected chi connectivity index (χ1v) is 12.6. The predicted molar refractivity (Wildman–Crippen MR) is 143 cm³/mol. The van der Waals surface area contributed by atoms with Crippen LogP contribution in [0, 0.1) is 12.7 Å². The zero-order valence-corrected chi connectivity index (χ0v) is 21.7. The molecule has 0 saturated carbocycles. The van der Waals surface area contributed by atoms with Gasteiger partial charge in [0.15, 0.2) is 11.9 Å². The molecule has 1 aliphatic rings. The molecule has 5 aromatic rings. The van der Waals surface area contributed by atoms with E-state index in [0.717, 1.165) is 6.07 Å². The molecule has 2 aromatic carbocycles. The van der Waals surface area contributed by atoms with Crippen molar-refractivity contribution >= 4 is 17.5 Å². The Morgan fingerprint density at radius 2 is 1.67 bits per heavy atom. The largest absolute Gasteiger partial charge is 0.417 e. The third-order valence-electron chi connectivity index (χ3n) is 6.53. The number of halogens is 4. The number of carbonyl (C=O) groups is 1. The van der Waals surface area contributed by atoms with Crippen molar-refractivity contribution < 1.29 is 26.8 Å². The quantitative estimate of drug-likeness (QED) is 0.276. The topological polar surface area (TPSA) is 119 Å². The highest BCUT2D eigenvalue weighted by Crippen LogP contribution is 2.36. The van der Waals surface area contributed by atoms with E-state index in [9.17, 15) is 22.4 Å². The van der Waals surface area contributed by atoms with Crippen LogP contribution in [-0.2, 0) is 17.4 Å². The maximum absolute atomic E-state index is 14.8. The number of pyridine rings is 1. The van der Waals surface area contributed by atoms with Crippen LogP contribution in [0.3, 0.4) is 0 Å². The number of Topliss-reactive ketones (excluding diaryl/α,β-unsaturated/α-hetero) is 1. The van der Waals surface area contributed by atoms with Gasteiger partial charge in [-0.3, -0.25) is 9.79 Å². The highest BCUT2D eigenvalue weighted by molar-refractivity contribution is 6.16. The molecule has 3 aromatic heterocycles. The van der Waals surface area contributed by atoms with Crippen molar-refractivity contribution in [1.82, 2.24) is 25.1 Å². The second-order valence-corrected chi connectivity index (χ2v) is 9.35. The number of rotatable bonds is 5. The SMILES string of the molecule is Cc1ncc(-c2cc(C(F)(F)F)cnc2-c2nnc(N[C@H]3N=C(c4ccccc4)c4cccc(F)c4CC3=O)o2)cn1. The molecule has 0 saturated heterocycles. The molecule has 0 spiro atoms. The number of fused-ring (bicyclic) bond motifs is 1. The summed E-state index contributed by atoms with van der Waals surface area (Å²) in [6, 6.07) is 14.2. The maximum Gasteiger partial charge on any atom is 0.417 e. The summed E-state index contributed by atoms with van der Waals surface area (Å²) >= 11 is 0. The summed E-state index contributed by atoms with van der Waals surface area (Å²) < 4.78 is 61.0. The van der Waals surface area contributed by atoms with Crippen LogP contribution in [0.5, 0.6) is 0 Å². The summed E-state index contributed by atoms with van der Waals surface area (Å²) in [5.41, 5.74) is 0.960. The highest BCUT2D eigenvalue weighted by Gasteiger charge is 2.33. The lowest BCUT2D eigenvalue weighted by atomic mass is 9.95. The number of anilines is 1. The Labute approximate surface area is 235 Å². The van der Waals surface area contributed by atoms with Gasteiger partial charge in [0.25, 0.3) is 5.89 Å². The number of carbonyl (C=O) groups excluding carboxylic acids is 1. The summed E-state index contributed by atoms with van der Waals surface area (Å²) in [5, 5.41) is 10.6. The van der Waals surface area contributed by atoms with Gasteiger partial charge >= 0.3 is 12.2 Å². The number of aromatic nitrogens is 5. The minimum absolute atomic E-state index is 0.0147. The minimum atomic E-state index is -4.65. The number of alkyl halides is 3. The van der Waals surface area contributed by atoms with Crippen LogP contribution in [0.1, 0.15) is 28.1 Å². The van der Waals surface area contributed by atoms with Gasteiger partial charge in [-0.15, -0.1) is 5.10 Å². The van der Waals surface area contributed by atoms with Crippen molar-refractivity contribution in [3.8, 4) is 22.7 Å². The van der Waals surface area contributed by atoms with Gasteiger partial charge in [-0.2, -0.15) is 13.2 Å². The molecule has 0 bridgehead atoms. The number of hydrogen-bond acceptors (Lipinski definition) is 9. The fourth-order valence-electron chi connectivity index (χ4n) is 4.48. The normalized spacial score (nSPS) is 15.1. The van der Waals surface area contributed by atoms with E-state index in [4.69, 9.17) is 4.42 Å². The lowest BCUT2D eigenvalue weighted by Crippen LogP contribution is -2.29. The summed E-state index contributed by atoms with van der Waals surface area (Å²) in [4.78, 5) is 29.9. The van der Waals surface area contributed by atoms with Gasteiger partial charge in [0.2, 0.25) is 0 Å². The Hall–Kier alpha value is -5.33. The fraction of sp³-hybridized carbons (Fsp3) is 0.138. The molecule has 9 nitrogen and oxygen atoms in total. The van der Waals surface area contributed by atoms with Gasteiger partial charge in [-0.25, -0.2) is 19.3 Å². The van der Waals surface area contributed by atoms with Crippen molar-refractivity contribution in [2.45, 2.75) is 25.7 Å². The van der Waals surface area contributed by atoms with Gasteiger partial charge < -0.3 is 9.73 Å². The zero-order chi connectivity index (χ0) is 29.4. The first kappa shape index (κ1) is 26.9. The summed E-state index contributed by atoms with van der Waals surface area (Å²) in [6.07, 6.45) is -2.76. The van der Waals surface area contributed by atoms with Crippen molar-refractivity contribution in [3.05, 3.63) is 107 Å². The summed E-state index contributed by atoms with van der Waals surface area (Å²) in [6.45, 7) is 1.64.